The van der Waals surface area contributed by atoms with Gasteiger partial charge in [-0.3, -0.25) is 30.4 Å². The first-order chi connectivity index (χ1) is 14.2. The molecule has 3 N–H and O–H groups in total. The van der Waals surface area contributed by atoms with Crippen LogP contribution in [0.15, 0.2) is 30.3 Å². The molecule has 0 saturated carbocycles. The van der Waals surface area contributed by atoms with Gasteiger partial charge < -0.3 is 4.74 Å². The van der Waals surface area contributed by atoms with E-state index in [1.807, 2.05) is 0 Å². The number of hydrogen-bond acceptors (Lipinski definition) is 5. The Labute approximate surface area is 170 Å². The molecule has 0 spiro atoms. The van der Waals surface area contributed by atoms with Crippen molar-refractivity contribution in [3.63, 3.8) is 0 Å². The summed E-state index contributed by atoms with van der Waals surface area (Å²) in [6.07, 6.45) is -3.66. The van der Waals surface area contributed by atoms with E-state index in [4.69, 9.17) is 4.74 Å². The molecule has 2 heterocycles. The third-order valence-electron chi connectivity index (χ3n) is 4.87. The predicted molar refractivity (Wildman–Crippen MR) is 101 cm³/mol. The number of methoxy groups -OCH3 is 1. The number of rotatable bonds is 5. The van der Waals surface area contributed by atoms with E-state index in [1.54, 1.807) is 37.4 Å². The van der Waals surface area contributed by atoms with Gasteiger partial charge in [0.1, 0.15) is 11.4 Å². The van der Waals surface area contributed by atoms with Gasteiger partial charge in [0.15, 0.2) is 0 Å². The molecule has 2 aromatic rings. The van der Waals surface area contributed by atoms with Crippen LogP contribution in [-0.4, -0.2) is 59.8 Å². The van der Waals surface area contributed by atoms with E-state index in [1.165, 1.54) is 4.90 Å². The molecule has 1 aliphatic rings. The number of halogens is 3. The van der Waals surface area contributed by atoms with E-state index in [0.717, 1.165) is 5.56 Å². The number of carbonyl (C=O) groups is 2. The second kappa shape index (κ2) is 9.16. The van der Waals surface area contributed by atoms with E-state index in [9.17, 15) is 22.8 Å². The summed E-state index contributed by atoms with van der Waals surface area (Å²) in [7, 11) is 1.56. The van der Waals surface area contributed by atoms with Gasteiger partial charge in [0.25, 0.3) is 5.91 Å². The third-order valence-corrected chi connectivity index (χ3v) is 4.87. The van der Waals surface area contributed by atoms with Gasteiger partial charge >= 0.3 is 6.18 Å². The maximum atomic E-state index is 12.4. The van der Waals surface area contributed by atoms with Crippen molar-refractivity contribution >= 4 is 11.8 Å². The lowest BCUT2D eigenvalue weighted by molar-refractivity contribution is -0.149. The number of hydrazine groups is 1. The molecule has 11 heteroatoms. The number of nitrogens with one attached hydrogen (secondary N) is 3. The number of amides is 2. The number of benzene rings is 1. The molecule has 1 aromatic carbocycles. The minimum absolute atomic E-state index is 0.154. The van der Waals surface area contributed by atoms with E-state index in [0.29, 0.717) is 24.3 Å². The lowest BCUT2D eigenvalue weighted by atomic mass is 9.96. The minimum Gasteiger partial charge on any atom is -0.497 e. The second-order valence-electron chi connectivity index (χ2n) is 7.00. The molecule has 8 nitrogen and oxygen atoms in total. The molecule has 30 heavy (non-hydrogen) atoms. The molecule has 1 aromatic heterocycles. The number of ether oxygens (including phenoxy) is 1. The molecular weight excluding hydrogens is 403 g/mol. The summed E-state index contributed by atoms with van der Waals surface area (Å²) < 4.78 is 42.4. The fraction of sp³-hybridized carbons (Fsp3) is 0.421. The van der Waals surface area contributed by atoms with Crippen LogP contribution in [0.25, 0.3) is 11.3 Å². The highest BCUT2D eigenvalue weighted by Gasteiger charge is 2.34. The van der Waals surface area contributed by atoms with Gasteiger partial charge in [-0.2, -0.15) is 18.3 Å². The van der Waals surface area contributed by atoms with Crippen molar-refractivity contribution in [3.05, 3.63) is 36.0 Å². The SMILES string of the molecule is COc1ccc(-c2cc(C(=O)NNC(=O)C3CCN(CC(F)(F)F)CC3)[nH]n2)cc1. The number of hydrogen-bond donors (Lipinski definition) is 3. The maximum Gasteiger partial charge on any atom is 0.401 e. The number of alkyl halides is 3. The zero-order valence-corrected chi connectivity index (χ0v) is 16.3. The van der Waals surface area contributed by atoms with Crippen molar-refractivity contribution in [2.45, 2.75) is 19.0 Å². The number of carbonyl (C=O) groups excluding carboxylic acids is 2. The Balaban J connectivity index is 1.47. The van der Waals surface area contributed by atoms with Crippen molar-refractivity contribution in [2.75, 3.05) is 26.7 Å². The zero-order chi connectivity index (χ0) is 21.7. The third kappa shape index (κ3) is 5.72. The van der Waals surface area contributed by atoms with Crippen LogP contribution >= 0.6 is 0 Å². The highest BCUT2D eigenvalue weighted by Crippen LogP contribution is 2.23. The van der Waals surface area contributed by atoms with Gasteiger partial charge in [0.05, 0.1) is 19.3 Å². The summed E-state index contributed by atoms with van der Waals surface area (Å²) in [6, 6.07) is 8.67. The van der Waals surface area contributed by atoms with Crippen LogP contribution in [0.5, 0.6) is 5.75 Å². The number of H-pyrrole nitrogens is 1. The Morgan fingerprint density at radius 2 is 1.87 bits per heavy atom. The maximum absolute atomic E-state index is 12.4. The Hall–Kier alpha value is -3.08. The van der Waals surface area contributed by atoms with Crippen LogP contribution in [0, 0.1) is 5.92 Å². The van der Waals surface area contributed by atoms with Crippen LogP contribution < -0.4 is 15.6 Å². The first-order valence-electron chi connectivity index (χ1n) is 9.34. The Morgan fingerprint density at radius 3 is 2.47 bits per heavy atom. The Morgan fingerprint density at radius 1 is 1.20 bits per heavy atom. The summed E-state index contributed by atoms with van der Waals surface area (Å²) in [5.74, 6) is -0.763. The quantitative estimate of drug-likeness (QED) is 0.638. The lowest BCUT2D eigenvalue weighted by Gasteiger charge is -2.31. The van der Waals surface area contributed by atoms with Crippen LogP contribution in [0.4, 0.5) is 13.2 Å². The fourth-order valence-corrected chi connectivity index (χ4v) is 3.24. The summed E-state index contributed by atoms with van der Waals surface area (Å²) in [5.41, 5.74) is 6.12. The highest BCUT2D eigenvalue weighted by molar-refractivity contribution is 5.94. The molecule has 0 aliphatic carbocycles. The number of aromatic amines is 1. The van der Waals surface area contributed by atoms with E-state index in [-0.39, 0.29) is 18.8 Å². The van der Waals surface area contributed by atoms with E-state index in [2.05, 4.69) is 21.0 Å². The van der Waals surface area contributed by atoms with E-state index >= 15 is 0 Å². The van der Waals surface area contributed by atoms with Gasteiger partial charge in [0, 0.05) is 11.5 Å². The van der Waals surface area contributed by atoms with Gasteiger partial charge in [-0.05, 0) is 56.3 Å². The molecule has 1 fully saturated rings. The fourth-order valence-electron chi connectivity index (χ4n) is 3.24. The van der Waals surface area contributed by atoms with Gasteiger partial charge in [-0.1, -0.05) is 0 Å². The van der Waals surface area contributed by atoms with Crippen LogP contribution in [0.3, 0.4) is 0 Å². The van der Waals surface area contributed by atoms with Crippen molar-refractivity contribution in [1.82, 2.24) is 25.9 Å². The Bertz CT molecular complexity index is 874. The first-order valence-corrected chi connectivity index (χ1v) is 9.34. The average molecular weight is 425 g/mol. The Kier molecular flexibility index (Phi) is 6.60. The van der Waals surface area contributed by atoms with Crippen LogP contribution in [0.1, 0.15) is 23.3 Å². The molecular formula is C19H22F3N5O3. The van der Waals surface area contributed by atoms with Gasteiger partial charge in [0.2, 0.25) is 5.91 Å². The molecule has 2 amide bonds. The number of piperidine rings is 1. The molecule has 1 saturated heterocycles. The van der Waals surface area contributed by atoms with Crippen molar-refractivity contribution in [2.24, 2.45) is 5.92 Å². The molecule has 0 bridgehead atoms. The van der Waals surface area contributed by atoms with Gasteiger partial charge in [-0.15, -0.1) is 0 Å². The van der Waals surface area contributed by atoms with E-state index < -0.39 is 30.5 Å². The number of likely N-dealkylation sites (tertiary alicyclic amines) is 1. The average Bonchev–Trinajstić information content (AvgIpc) is 3.21. The summed E-state index contributed by atoms with van der Waals surface area (Å²) in [6.45, 7) is -0.622. The summed E-state index contributed by atoms with van der Waals surface area (Å²) in [4.78, 5) is 25.7. The molecule has 3 rings (SSSR count). The van der Waals surface area contributed by atoms with Crippen LogP contribution in [-0.2, 0) is 4.79 Å². The largest absolute Gasteiger partial charge is 0.497 e. The molecule has 0 unspecified atom stereocenters. The summed E-state index contributed by atoms with van der Waals surface area (Å²) >= 11 is 0. The second-order valence-corrected chi connectivity index (χ2v) is 7.00. The summed E-state index contributed by atoms with van der Waals surface area (Å²) in [5, 5.41) is 6.69. The minimum atomic E-state index is -4.25. The molecule has 1 aliphatic heterocycles. The van der Waals surface area contributed by atoms with Crippen molar-refractivity contribution in [1.29, 1.82) is 0 Å². The normalized spacial score (nSPS) is 15.6. The van der Waals surface area contributed by atoms with Crippen molar-refractivity contribution < 1.29 is 27.5 Å². The lowest BCUT2D eigenvalue weighted by Crippen LogP contribution is -2.48. The standard InChI is InChI=1S/C19H22F3N5O3/c1-30-14-4-2-12(3-5-14)15-10-16(24-23-15)18(29)26-25-17(28)13-6-8-27(9-7-13)11-19(20,21)22/h2-5,10,13H,6-9,11H2,1H3,(H,23,24)(H,25,28)(H,26,29). The zero-order valence-electron chi connectivity index (χ0n) is 16.3. The smallest absolute Gasteiger partial charge is 0.401 e. The van der Waals surface area contributed by atoms with Crippen molar-refractivity contribution in [3.8, 4) is 17.0 Å². The highest BCUT2D eigenvalue weighted by atomic mass is 19.4. The molecule has 0 atom stereocenters. The molecule has 162 valence electrons. The first kappa shape index (κ1) is 21.6. The van der Waals surface area contributed by atoms with Gasteiger partial charge in [-0.25, -0.2) is 0 Å². The van der Waals surface area contributed by atoms with Crippen LogP contribution in [0.2, 0.25) is 0 Å². The number of nitrogens with zero attached hydrogens (tertiary/aromatic N) is 2. The monoisotopic (exact) mass is 425 g/mol. The predicted octanol–water partition coefficient (Wildman–Crippen LogP) is 2.12. The number of aromatic nitrogens is 2. The molecule has 0 radical (unpaired) electrons. The topological polar surface area (TPSA) is 99.4 Å².